The Kier molecular flexibility index (Phi) is 3.29. The van der Waals surface area contributed by atoms with Crippen molar-refractivity contribution in [1.82, 2.24) is 19.1 Å². The Morgan fingerprint density at radius 3 is 2.71 bits per heavy atom. The van der Waals surface area contributed by atoms with Gasteiger partial charge in [0, 0.05) is 12.6 Å². The maximum absolute atomic E-state index is 13.3. The monoisotopic (exact) mass is 286 g/mol. The molecule has 0 saturated heterocycles. The van der Waals surface area contributed by atoms with Crippen LogP contribution in [-0.4, -0.2) is 19.1 Å². The fraction of sp³-hybridized carbons (Fsp3) is 0.267. The van der Waals surface area contributed by atoms with Crippen molar-refractivity contribution in [2.45, 2.75) is 26.4 Å². The molecule has 2 aromatic heterocycles. The summed E-state index contributed by atoms with van der Waals surface area (Å²) in [6.07, 6.45) is 3.07. The summed E-state index contributed by atoms with van der Waals surface area (Å²) in [6, 6.07) is 6.32. The minimum absolute atomic E-state index is 0.0203. The Hall–Kier alpha value is -2.50. The van der Waals surface area contributed by atoms with Crippen LogP contribution >= 0.6 is 0 Å². The minimum Gasteiger partial charge on any atom is -0.320 e. The first-order valence-electron chi connectivity index (χ1n) is 6.72. The van der Waals surface area contributed by atoms with E-state index >= 15 is 0 Å². The van der Waals surface area contributed by atoms with Crippen LogP contribution in [0.1, 0.15) is 25.5 Å². The van der Waals surface area contributed by atoms with Gasteiger partial charge in [-0.25, -0.2) is 14.4 Å². The average molecular weight is 286 g/mol. The van der Waals surface area contributed by atoms with Crippen LogP contribution in [0.15, 0.2) is 41.7 Å². The number of aromatic nitrogens is 4. The summed E-state index contributed by atoms with van der Waals surface area (Å²) in [5, 5.41) is 0. The predicted octanol–water partition coefficient (Wildman–Crippen LogP) is 2.36. The fourth-order valence-electron chi connectivity index (χ4n) is 2.30. The molecule has 0 aliphatic heterocycles. The molecule has 1 aromatic carbocycles. The van der Waals surface area contributed by atoms with E-state index in [0.717, 1.165) is 5.56 Å². The third kappa shape index (κ3) is 2.44. The highest BCUT2D eigenvalue weighted by molar-refractivity contribution is 5.69. The summed E-state index contributed by atoms with van der Waals surface area (Å²) >= 11 is 0. The first kappa shape index (κ1) is 13.5. The fourth-order valence-corrected chi connectivity index (χ4v) is 2.30. The van der Waals surface area contributed by atoms with E-state index in [-0.39, 0.29) is 17.4 Å². The second-order valence-corrected chi connectivity index (χ2v) is 5.23. The van der Waals surface area contributed by atoms with Gasteiger partial charge in [-0.3, -0.25) is 9.36 Å². The third-order valence-corrected chi connectivity index (χ3v) is 3.36. The summed E-state index contributed by atoms with van der Waals surface area (Å²) in [5.41, 5.74) is 1.49. The molecular weight excluding hydrogens is 271 g/mol. The summed E-state index contributed by atoms with van der Waals surface area (Å²) in [4.78, 5) is 20.8. The van der Waals surface area contributed by atoms with Crippen LogP contribution in [0, 0.1) is 5.82 Å². The molecule has 0 aliphatic rings. The second kappa shape index (κ2) is 5.12. The quantitative estimate of drug-likeness (QED) is 0.742. The van der Waals surface area contributed by atoms with Crippen molar-refractivity contribution in [3.8, 4) is 0 Å². The van der Waals surface area contributed by atoms with Crippen molar-refractivity contribution in [2.24, 2.45) is 0 Å². The van der Waals surface area contributed by atoms with Crippen LogP contribution in [0.3, 0.4) is 0 Å². The van der Waals surface area contributed by atoms with Gasteiger partial charge in [-0.15, -0.1) is 0 Å². The van der Waals surface area contributed by atoms with Crippen molar-refractivity contribution in [3.63, 3.8) is 0 Å². The van der Waals surface area contributed by atoms with Gasteiger partial charge in [-0.2, -0.15) is 0 Å². The maximum Gasteiger partial charge on any atom is 0.279 e. The van der Waals surface area contributed by atoms with Crippen LogP contribution in [-0.2, 0) is 6.54 Å². The topological polar surface area (TPSA) is 52.7 Å². The molecule has 0 amide bonds. The van der Waals surface area contributed by atoms with Crippen LogP contribution in [0.5, 0.6) is 0 Å². The van der Waals surface area contributed by atoms with E-state index in [1.54, 1.807) is 21.5 Å². The molecule has 6 heteroatoms. The SMILES string of the molecule is CC(C)n1cnc2ncn(Cc3cccc(F)c3)c2c1=O. The largest absolute Gasteiger partial charge is 0.320 e. The number of halogens is 1. The Morgan fingerprint density at radius 1 is 1.24 bits per heavy atom. The molecule has 3 rings (SSSR count). The van der Waals surface area contributed by atoms with Crippen molar-refractivity contribution in [3.05, 3.63) is 58.7 Å². The number of hydrogen-bond acceptors (Lipinski definition) is 3. The van der Waals surface area contributed by atoms with Gasteiger partial charge in [0.25, 0.3) is 5.56 Å². The normalized spacial score (nSPS) is 11.4. The maximum atomic E-state index is 13.3. The lowest BCUT2D eigenvalue weighted by Crippen LogP contribution is -2.24. The molecule has 0 radical (unpaired) electrons. The molecule has 0 saturated carbocycles. The molecule has 0 aliphatic carbocycles. The van der Waals surface area contributed by atoms with E-state index in [9.17, 15) is 9.18 Å². The molecule has 0 fully saturated rings. The smallest absolute Gasteiger partial charge is 0.279 e. The van der Waals surface area contributed by atoms with E-state index < -0.39 is 0 Å². The lowest BCUT2D eigenvalue weighted by Gasteiger charge is -2.09. The van der Waals surface area contributed by atoms with E-state index in [1.165, 1.54) is 18.5 Å². The molecule has 21 heavy (non-hydrogen) atoms. The summed E-state index contributed by atoms with van der Waals surface area (Å²) in [7, 11) is 0. The van der Waals surface area contributed by atoms with E-state index in [1.807, 2.05) is 19.9 Å². The number of nitrogens with zero attached hydrogens (tertiary/aromatic N) is 4. The predicted molar refractivity (Wildman–Crippen MR) is 77.7 cm³/mol. The highest BCUT2D eigenvalue weighted by Gasteiger charge is 2.12. The number of hydrogen-bond donors (Lipinski definition) is 0. The Bertz CT molecular complexity index is 850. The molecular formula is C15H15FN4O. The van der Waals surface area contributed by atoms with Gasteiger partial charge < -0.3 is 4.57 Å². The first-order valence-corrected chi connectivity index (χ1v) is 6.72. The molecule has 5 nitrogen and oxygen atoms in total. The second-order valence-electron chi connectivity index (χ2n) is 5.23. The van der Waals surface area contributed by atoms with E-state index in [0.29, 0.717) is 17.7 Å². The van der Waals surface area contributed by atoms with Gasteiger partial charge in [-0.1, -0.05) is 12.1 Å². The number of imidazole rings is 1. The standard InChI is InChI=1S/C15H15FN4O/c1-10(2)20-9-18-14-13(15(20)21)19(8-17-14)7-11-4-3-5-12(16)6-11/h3-6,8-10H,7H2,1-2H3. The van der Waals surface area contributed by atoms with Crippen molar-refractivity contribution >= 4 is 11.2 Å². The number of fused-ring (bicyclic) bond motifs is 1. The van der Waals surface area contributed by atoms with Crippen LogP contribution < -0.4 is 5.56 Å². The van der Waals surface area contributed by atoms with Gasteiger partial charge >= 0.3 is 0 Å². The van der Waals surface area contributed by atoms with Crippen molar-refractivity contribution in [1.29, 1.82) is 0 Å². The lowest BCUT2D eigenvalue weighted by molar-refractivity contribution is 0.570. The van der Waals surface area contributed by atoms with Crippen LogP contribution in [0.2, 0.25) is 0 Å². The lowest BCUT2D eigenvalue weighted by atomic mass is 10.2. The van der Waals surface area contributed by atoms with Gasteiger partial charge in [-0.05, 0) is 31.5 Å². The Labute approximate surface area is 120 Å². The molecule has 0 unspecified atom stereocenters. The van der Waals surface area contributed by atoms with Crippen molar-refractivity contribution < 1.29 is 4.39 Å². The molecule has 3 aromatic rings. The summed E-state index contributed by atoms with van der Waals surface area (Å²) in [5.74, 6) is -0.297. The zero-order valence-electron chi connectivity index (χ0n) is 11.8. The molecule has 0 N–H and O–H groups in total. The molecule has 108 valence electrons. The van der Waals surface area contributed by atoms with Crippen LogP contribution in [0.4, 0.5) is 4.39 Å². The molecule has 2 heterocycles. The summed E-state index contributed by atoms with van der Waals surface area (Å²) in [6.45, 7) is 4.22. The van der Waals surface area contributed by atoms with Crippen LogP contribution in [0.25, 0.3) is 11.2 Å². The first-order chi connectivity index (χ1) is 10.1. The average Bonchev–Trinajstić information content (AvgIpc) is 2.83. The molecule has 0 bridgehead atoms. The third-order valence-electron chi connectivity index (χ3n) is 3.36. The summed E-state index contributed by atoms with van der Waals surface area (Å²) < 4.78 is 16.5. The minimum atomic E-state index is -0.297. The Balaban J connectivity index is 2.11. The van der Waals surface area contributed by atoms with Gasteiger partial charge in [0.2, 0.25) is 0 Å². The zero-order valence-corrected chi connectivity index (χ0v) is 11.8. The van der Waals surface area contributed by atoms with E-state index in [4.69, 9.17) is 0 Å². The van der Waals surface area contributed by atoms with Gasteiger partial charge in [0.05, 0.1) is 6.33 Å². The van der Waals surface area contributed by atoms with Crippen molar-refractivity contribution in [2.75, 3.05) is 0 Å². The number of benzene rings is 1. The van der Waals surface area contributed by atoms with Gasteiger partial charge in [0.1, 0.15) is 12.1 Å². The van der Waals surface area contributed by atoms with E-state index in [2.05, 4.69) is 9.97 Å². The number of rotatable bonds is 3. The highest BCUT2D eigenvalue weighted by Crippen LogP contribution is 2.11. The Morgan fingerprint density at radius 2 is 2.00 bits per heavy atom. The molecule has 0 spiro atoms. The zero-order chi connectivity index (χ0) is 15.0. The highest BCUT2D eigenvalue weighted by atomic mass is 19.1. The van der Waals surface area contributed by atoms with Gasteiger partial charge in [0.15, 0.2) is 11.2 Å². The molecule has 0 atom stereocenters.